The molecule has 2 N–H and O–H groups in total. The van der Waals surface area contributed by atoms with E-state index in [1.807, 2.05) is 61.5 Å². The number of hydrogen-bond acceptors (Lipinski definition) is 5. The molecule has 0 radical (unpaired) electrons. The van der Waals surface area contributed by atoms with E-state index in [9.17, 15) is 9.59 Å². The Morgan fingerprint density at radius 2 is 1.30 bits per heavy atom. The van der Waals surface area contributed by atoms with Gasteiger partial charge in [-0.3, -0.25) is 0 Å². The van der Waals surface area contributed by atoms with Crippen LogP contribution in [0.15, 0.2) is 12.7 Å². The van der Waals surface area contributed by atoms with Crippen LogP contribution in [0.3, 0.4) is 0 Å². The molecule has 0 aromatic heterocycles. The van der Waals surface area contributed by atoms with Gasteiger partial charge in [0.05, 0.1) is 0 Å². The third-order valence-corrected chi connectivity index (χ3v) is 7.34. The van der Waals surface area contributed by atoms with E-state index in [1.165, 1.54) is 45.6 Å². The minimum Gasteiger partial charge on any atom is -0.444 e. The Kier molecular flexibility index (Phi) is 21.2. The number of aliphatic hydroxyl groups is 1. The van der Waals surface area contributed by atoms with Crippen LogP contribution >= 0.6 is 0 Å². The molecule has 0 bridgehead atoms. The van der Waals surface area contributed by atoms with Crippen molar-refractivity contribution < 1.29 is 24.2 Å². The number of nitrogens with zero attached hydrogens (tertiary/aromatic N) is 1. The Hall–Kier alpha value is -1.76. The zero-order chi connectivity index (χ0) is 34.0. The number of unbranched alkanes of at least 4 members (excludes halogenated alkanes) is 1. The number of allylic oxidation sites excluding steroid dienone is 1. The summed E-state index contributed by atoms with van der Waals surface area (Å²) in [6.07, 6.45) is 13.1. The number of carbonyl (C=O) groups excluding carboxylic acids is 2. The van der Waals surface area contributed by atoms with Crippen LogP contribution < -0.4 is 5.32 Å². The van der Waals surface area contributed by atoms with Crippen molar-refractivity contribution in [2.24, 2.45) is 29.1 Å². The maximum Gasteiger partial charge on any atom is 0.410 e. The minimum absolute atomic E-state index is 0.0812. The molecule has 43 heavy (non-hydrogen) atoms. The van der Waals surface area contributed by atoms with E-state index < -0.39 is 5.60 Å². The van der Waals surface area contributed by atoms with Gasteiger partial charge in [-0.1, -0.05) is 86.1 Å². The molecule has 3 unspecified atom stereocenters. The van der Waals surface area contributed by atoms with E-state index in [2.05, 4.69) is 44.5 Å². The van der Waals surface area contributed by atoms with Gasteiger partial charge in [-0.15, -0.1) is 6.58 Å². The lowest BCUT2D eigenvalue weighted by Crippen LogP contribution is -2.43. The summed E-state index contributed by atoms with van der Waals surface area (Å²) >= 11 is 0. The Labute approximate surface area is 266 Å². The van der Waals surface area contributed by atoms with Crippen LogP contribution in [-0.2, 0) is 9.47 Å². The lowest BCUT2D eigenvalue weighted by molar-refractivity contribution is 0.0166. The van der Waals surface area contributed by atoms with Crippen molar-refractivity contribution in [3.05, 3.63) is 12.7 Å². The van der Waals surface area contributed by atoms with Gasteiger partial charge in [0.2, 0.25) is 0 Å². The molecule has 7 heteroatoms. The average Bonchev–Trinajstić information content (AvgIpc) is 3.15. The molecule has 256 valence electrons. The number of nitrogens with one attached hydrogen (secondary N) is 1. The summed E-state index contributed by atoms with van der Waals surface area (Å²) in [4.78, 5) is 25.6. The number of carbonyl (C=O) groups is 2. The monoisotopic (exact) mass is 613 g/mol. The summed E-state index contributed by atoms with van der Waals surface area (Å²) < 4.78 is 10.6. The molecule has 3 aliphatic rings. The van der Waals surface area contributed by atoms with Crippen molar-refractivity contribution in [2.45, 2.75) is 158 Å². The number of hydrogen-bond donors (Lipinski definition) is 2. The fourth-order valence-corrected chi connectivity index (χ4v) is 5.48. The zero-order valence-corrected chi connectivity index (χ0v) is 30.8. The Morgan fingerprint density at radius 3 is 1.60 bits per heavy atom. The predicted molar refractivity (Wildman–Crippen MR) is 182 cm³/mol. The van der Waals surface area contributed by atoms with Gasteiger partial charge in [-0.25, -0.2) is 9.59 Å². The summed E-state index contributed by atoms with van der Waals surface area (Å²) in [7, 11) is 2.54. The number of likely N-dealkylation sites (tertiary alicyclic amines) is 1. The Bertz CT molecular complexity index is 749. The first kappa shape index (κ1) is 43.4. The average molecular weight is 613 g/mol. The van der Waals surface area contributed by atoms with Crippen LogP contribution in [0.1, 0.15) is 141 Å². The van der Waals surface area contributed by atoms with Gasteiger partial charge in [0.15, 0.2) is 0 Å². The maximum atomic E-state index is 12.9. The molecule has 0 aromatic rings. The summed E-state index contributed by atoms with van der Waals surface area (Å²) in [6.45, 7) is 28.9. The highest BCUT2D eigenvalue weighted by atomic mass is 16.6. The zero-order valence-electron chi connectivity index (χ0n) is 30.8. The van der Waals surface area contributed by atoms with Crippen LogP contribution in [0.4, 0.5) is 9.59 Å². The lowest BCUT2D eigenvalue weighted by Gasteiger charge is -2.42. The molecule has 0 aromatic carbocycles. The molecule has 3 atom stereocenters. The van der Waals surface area contributed by atoms with Gasteiger partial charge >= 0.3 is 12.2 Å². The third kappa shape index (κ3) is 19.3. The van der Waals surface area contributed by atoms with Gasteiger partial charge in [0.25, 0.3) is 0 Å². The standard InChI is InChI=1S/C22H37NO2.C6H13NO2.C5H12.C2H6.CH4O/c1-5-6-7-14-19-20(17-12-9-13-17)18(16-10-8-11-16)15-23(19)21(24)25-22(2,3)4;1-6(2,3)9-5(8)7-4;1-5(2,3)4;2*1-2/h5,16-20H,1,6-15H2,2-4H3;1-4H3,(H,7,8);1-4H3;1-2H3;2H,1H3. The number of amides is 2. The highest BCUT2D eigenvalue weighted by molar-refractivity contribution is 5.69. The summed E-state index contributed by atoms with van der Waals surface area (Å²) in [5.74, 6) is 3.10. The first-order chi connectivity index (χ1) is 19.9. The molecule has 1 heterocycles. The van der Waals surface area contributed by atoms with Crippen LogP contribution in [0.5, 0.6) is 0 Å². The predicted octanol–water partition coefficient (Wildman–Crippen LogP) is 9.62. The number of ether oxygens (including phenoxy) is 2. The van der Waals surface area contributed by atoms with Gasteiger partial charge in [0.1, 0.15) is 11.2 Å². The Balaban J connectivity index is 0. The fourth-order valence-electron chi connectivity index (χ4n) is 5.48. The lowest BCUT2D eigenvalue weighted by atomic mass is 9.62. The highest BCUT2D eigenvalue weighted by Crippen LogP contribution is 2.52. The summed E-state index contributed by atoms with van der Waals surface area (Å²) in [6, 6.07) is 0.380. The van der Waals surface area contributed by atoms with E-state index in [0.717, 1.165) is 44.8 Å². The molecule has 7 nitrogen and oxygen atoms in total. The van der Waals surface area contributed by atoms with Crippen molar-refractivity contribution in [1.29, 1.82) is 0 Å². The highest BCUT2D eigenvalue weighted by Gasteiger charge is 2.51. The van der Waals surface area contributed by atoms with Crippen LogP contribution in [0, 0.1) is 29.1 Å². The number of alkyl carbamates (subject to hydrolysis) is 1. The van der Waals surface area contributed by atoms with Gasteiger partial charge < -0.3 is 24.8 Å². The van der Waals surface area contributed by atoms with Crippen molar-refractivity contribution >= 4 is 12.2 Å². The molecule has 3 fully saturated rings. The molecular weight excluding hydrogens is 540 g/mol. The van der Waals surface area contributed by atoms with E-state index in [0.29, 0.717) is 23.3 Å². The molecule has 2 amide bonds. The Morgan fingerprint density at radius 1 is 0.860 bits per heavy atom. The number of rotatable bonds is 6. The van der Waals surface area contributed by atoms with Gasteiger partial charge in [0, 0.05) is 26.7 Å². The SMILES string of the molecule is C=CCCCC1C(C2CCC2)C(C2CCC2)CN1C(=O)OC(C)(C)C.CC.CC(C)(C)C.CNC(=O)OC(C)(C)C.CO. The second-order valence-electron chi connectivity index (χ2n) is 15.3. The molecule has 1 saturated heterocycles. The molecule has 0 spiro atoms. The fraction of sp³-hybridized carbons (Fsp3) is 0.889. The van der Waals surface area contributed by atoms with E-state index in [4.69, 9.17) is 14.6 Å². The van der Waals surface area contributed by atoms with Crippen LogP contribution in [-0.4, -0.2) is 60.1 Å². The topological polar surface area (TPSA) is 88.1 Å². The molecule has 3 rings (SSSR count). The van der Waals surface area contributed by atoms with Crippen molar-refractivity contribution in [2.75, 3.05) is 20.7 Å². The summed E-state index contributed by atoms with van der Waals surface area (Å²) in [5.41, 5.74) is -0.302. The third-order valence-electron chi connectivity index (χ3n) is 7.34. The second kappa shape index (κ2) is 21.1. The van der Waals surface area contributed by atoms with E-state index in [1.54, 1.807) is 0 Å². The minimum atomic E-state index is -0.413. The molecule has 1 aliphatic heterocycles. The first-order valence-electron chi connectivity index (χ1n) is 16.8. The normalized spacial score (nSPS) is 21.7. The largest absolute Gasteiger partial charge is 0.444 e. The number of aliphatic hydroxyl groups excluding tert-OH is 1. The van der Waals surface area contributed by atoms with Crippen molar-refractivity contribution in [3.63, 3.8) is 0 Å². The van der Waals surface area contributed by atoms with Crippen molar-refractivity contribution in [1.82, 2.24) is 10.2 Å². The van der Waals surface area contributed by atoms with Crippen LogP contribution in [0.25, 0.3) is 0 Å². The smallest absolute Gasteiger partial charge is 0.410 e. The maximum absolute atomic E-state index is 12.9. The molecular formula is C36H72N2O5. The van der Waals surface area contributed by atoms with E-state index in [-0.39, 0.29) is 17.8 Å². The second-order valence-corrected chi connectivity index (χ2v) is 15.3. The molecule has 2 saturated carbocycles. The van der Waals surface area contributed by atoms with Crippen LogP contribution in [0.2, 0.25) is 0 Å². The quantitative estimate of drug-likeness (QED) is 0.230. The van der Waals surface area contributed by atoms with E-state index >= 15 is 0 Å². The van der Waals surface area contributed by atoms with Gasteiger partial charge in [-0.05, 0) is 89.9 Å². The first-order valence-corrected chi connectivity index (χ1v) is 16.8. The van der Waals surface area contributed by atoms with Crippen molar-refractivity contribution in [3.8, 4) is 0 Å². The van der Waals surface area contributed by atoms with Gasteiger partial charge in [-0.2, -0.15) is 0 Å². The summed E-state index contributed by atoms with van der Waals surface area (Å²) in [5, 5.41) is 9.36. The molecule has 2 aliphatic carbocycles.